The number of aromatic nitrogens is 3. The zero-order chi connectivity index (χ0) is 12.5. The molecule has 90 valence electrons. The van der Waals surface area contributed by atoms with Gasteiger partial charge in [0, 0.05) is 24.5 Å². The van der Waals surface area contributed by atoms with Gasteiger partial charge in [-0.15, -0.1) is 0 Å². The molecule has 0 bridgehead atoms. The van der Waals surface area contributed by atoms with Crippen LogP contribution in [0.1, 0.15) is 5.69 Å². The van der Waals surface area contributed by atoms with Crippen LogP contribution in [0.15, 0.2) is 47.3 Å². The fourth-order valence-corrected chi connectivity index (χ4v) is 2.59. The van der Waals surface area contributed by atoms with Gasteiger partial charge >= 0.3 is 0 Å². The van der Waals surface area contributed by atoms with E-state index in [1.54, 1.807) is 12.4 Å². The van der Waals surface area contributed by atoms with Crippen LogP contribution in [0.25, 0.3) is 16.9 Å². The minimum absolute atomic E-state index is 0.432. The highest BCUT2D eigenvalue weighted by Gasteiger charge is 2.13. The van der Waals surface area contributed by atoms with Crippen molar-refractivity contribution < 1.29 is 0 Å². The molecule has 2 N–H and O–H groups in total. The first-order valence-electron chi connectivity index (χ1n) is 5.57. The van der Waals surface area contributed by atoms with E-state index in [1.807, 2.05) is 34.7 Å². The fraction of sp³-hybridized carbons (Fsp3) is 0.0769. The van der Waals surface area contributed by atoms with Crippen LogP contribution in [-0.2, 0) is 6.54 Å². The molecule has 5 heteroatoms. The molecule has 0 aliphatic carbocycles. The van der Waals surface area contributed by atoms with Crippen molar-refractivity contribution in [3.05, 3.63) is 53.0 Å². The number of imidazole rings is 1. The Hall–Kier alpha value is -1.72. The normalized spacial score (nSPS) is 11.0. The molecule has 3 aromatic heterocycles. The third kappa shape index (κ3) is 1.72. The van der Waals surface area contributed by atoms with Crippen molar-refractivity contribution in [3.8, 4) is 11.3 Å². The first-order chi connectivity index (χ1) is 8.81. The van der Waals surface area contributed by atoms with Crippen molar-refractivity contribution in [1.29, 1.82) is 0 Å². The molecule has 0 fully saturated rings. The second-order valence-corrected chi connectivity index (χ2v) is 4.70. The highest BCUT2D eigenvalue weighted by atomic mass is 79.9. The van der Waals surface area contributed by atoms with Crippen LogP contribution in [0.2, 0.25) is 0 Å². The van der Waals surface area contributed by atoms with Crippen LogP contribution >= 0.6 is 15.9 Å². The Morgan fingerprint density at radius 1 is 1.17 bits per heavy atom. The van der Waals surface area contributed by atoms with Gasteiger partial charge in [0.1, 0.15) is 5.65 Å². The minimum Gasteiger partial charge on any atom is -0.325 e. The van der Waals surface area contributed by atoms with Crippen LogP contribution in [-0.4, -0.2) is 14.4 Å². The van der Waals surface area contributed by atoms with Crippen LogP contribution in [0.3, 0.4) is 0 Å². The number of halogens is 1. The number of nitrogens with two attached hydrogens (primary N) is 1. The van der Waals surface area contributed by atoms with Crippen LogP contribution < -0.4 is 5.73 Å². The summed E-state index contributed by atoms with van der Waals surface area (Å²) in [7, 11) is 0. The summed E-state index contributed by atoms with van der Waals surface area (Å²) in [5, 5.41) is 0. The van der Waals surface area contributed by atoms with E-state index in [2.05, 4.69) is 25.9 Å². The minimum atomic E-state index is 0.432. The molecule has 0 aliphatic heterocycles. The Kier molecular flexibility index (Phi) is 2.85. The van der Waals surface area contributed by atoms with Crippen molar-refractivity contribution in [1.82, 2.24) is 14.4 Å². The van der Waals surface area contributed by atoms with Crippen LogP contribution in [0, 0.1) is 0 Å². The molecule has 0 aliphatic rings. The molecule has 0 atom stereocenters. The summed E-state index contributed by atoms with van der Waals surface area (Å²) in [5.41, 5.74) is 9.68. The molecular weight excluding hydrogens is 292 g/mol. The standard InChI is InChI=1S/C13H11BrN4/c14-11-2-1-3-12-17-13(10(8-15)18(11)12)9-4-6-16-7-5-9/h1-7H,8,15H2. The zero-order valence-electron chi connectivity index (χ0n) is 9.55. The number of rotatable bonds is 2. The van der Waals surface area contributed by atoms with E-state index in [0.29, 0.717) is 6.54 Å². The van der Waals surface area contributed by atoms with Crippen molar-refractivity contribution in [2.24, 2.45) is 5.73 Å². The Labute approximate surface area is 113 Å². The lowest BCUT2D eigenvalue weighted by Crippen LogP contribution is -2.03. The molecule has 3 heterocycles. The summed E-state index contributed by atoms with van der Waals surface area (Å²) < 4.78 is 2.98. The van der Waals surface area contributed by atoms with Gasteiger partial charge in [0.15, 0.2) is 0 Å². The number of hydrogen-bond acceptors (Lipinski definition) is 3. The monoisotopic (exact) mass is 302 g/mol. The Morgan fingerprint density at radius 3 is 2.67 bits per heavy atom. The molecule has 0 radical (unpaired) electrons. The van der Waals surface area contributed by atoms with Gasteiger partial charge in [-0.3, -0.25) is 9.38 Å². The van der Waals surface area contributed by atoms with E-state index >= 15 is 0 Å². The van der Waals surface area contributed by atoms with Crippen molar-refractivity contribution in [2.75, 3.05) is 0 Å². The largest absolute Gasteiger partial charge is 0.325 e. The molecule has 0 unspecified atom stereocenters. The average Bonchev–Trinajstić information content (AvgIpc) is 2.79. The van der Waals surface area contributed by atoms with E-state index in [9.17, 15) is 0 Å². The molecule has 0 spiro atoms. The molecule has 0 saturated heterocycles. The van der Waals surface area contributed by atoms with Gasteiger partial charge in [0.05, 0.1) is 16.0 Å². The lowest BCUT2D eigenvalue weighted by molar-refractivity contribution is 0.948. The SMILES string of the molecule is NCc1c(-c2ccncc2)nc2cccc(Br)n12. The van der Waals surface area contributed by atoms with Crippen molar-refractivity contribution in [3.63, 3.8) is 0 Å². The summed E-state index contributed by atoms with van der Waals surface area (Å²) in [4.78, 5) is 8.66. The van der Waals surface area contributed by atoms with Crippen LogP contribution in [0.5, 0.6) is 0 Å². The number of hydrogen-bond donors (Lipinski definition) is 1. The summed E-state index contributed by atoms with van der Waals surface area (Å²) in [6.07, 6.45) is 3.52. The maximum Gasteiger partial charge on any atom is 0.138 e. The van der Waals surface area contributed by atoms with E-state index in [0.717, 1.165) is 27.2 Å². The Morgan fingerprint density at radius 2 is 1.94 bits per heavy atom. The molecule has 18 heavy (non-hydrogen) atoms. The summed E-state index contributed by atoms with van der Waals surface area (Å²) in [6, 6.07) is 9.78. The van der Waals surface area contributed by atoms with Gasteiger partial charge in [-0.25, -0.2) is 4.98 Å². The molecule has 0 aromatic carbocycles. The summed E-state index contributed by atoms with van der Waals surface area (Å²) in [6.45, 7) is 0.432. The average molecular weight is 303 g/mol. The molecule has 0 amide bonds. The van der Waals surface area contributed by atoms with E-state index in [1.165, 1.54) is 0 Å². The maximum atomic E-state index is 5.87. The second-order valence-electron chi connectivity index (χ2n) is 3.89. The molecule has 0 saturated carbocycles. The fourth-order valence-electron chi connectivity index (χ4n) is 2.04. The zero-order valence-corrected chi connectivity index (χ0v) is 11.1. The summed E-state index contributed by atoms with van der Waals surface area (Å²) >= 11 is 3.53. The predicted octanol–water partition coefficient (Wildman–Crippen LogP) is 2.62. The lowest BCUT2D eigenvalue weighted by Gasteiger charge is -2.03. The lowest BCUT2D eigenvalue weighted by atomic mass is 10.1. The van der Waals surface area contributed by atoms with E-state index in [-0.39, 0.29) is 0 Å². The maximum absolute atomic E-state index is 5.87. The first-order valence-corrected chi connectivity index (χ1v) is 6.37. The van der Waals surface area contributed by atoms with E-state index < -0.39 is 0 Å². The van der Waals surface area contributed by atoms with Gasteiger partial charge < -0.3 is 5.73 Å². The van der Waals surface area contributed by atoms with Crippen molar-refractivity contribution in [2.45, 2.75) is 6.54 Å². The molecule has 4 nitrogen and oxygen atoms in total. The third-order valence-electron chi connectivity index (χ3n) is 2.84. The number of nitrogens with zero attached hydrogens (tertiary/aromatic N) is 3. The first kappa shape index (κ1) is 11.4. The van der Waals surface area contributed by atoms with Gasteiger partial charge in [-0.05, 0) is 40.2 Å². The van der Waals surface area contributed by atoms with Gasteiger partial charge in [0.2, 0.25) is 0 Å². The quantitative estimate of drug-likeness (QED) is 0.740. The summed E-state index contributed by atoms with van der Waals surface area (Å²) in [5.74, 6) is 0. The molecule has 3 aromatic rings. The molecule has 3 rings (SSSR count). The Bertz CT molecular complexity index is 691. The van der Waals surface area contributed by atoms with Gasteiger partial charge in [-0.2, -0.15) is 0 Å². The molecular formula is C13H11BrN4. The second kappa shape index (κ2) is 4.51. The highest BCUT2D eigenvalue weighted by molar-refractivity contribution is 9.10. The smallest absolute Gasteiger partial charge is 0.138 e. The third-order valence-corrected chi connectivity index (χ3v) is 3.46. The van der Waals surface area contributed by atoms with Crippen molar-refractivity contribution >= 4 is 21.6 Å². The van der Waals surface area contributed by atoms with Gasteiger partial charge in [0.25, 0.3) is 0 Å². The number of pyridine rings is 2. The van der Waals surface area contributed by atoms with Crippen LogP contribution in [0.4, 0.5) is 0 Å². The van der Waals surface area contributed by atoms with E-state index in [4.69, 9.17) is 5.73 Å². The highest BCUT2D eigenvalue weighted by Crippen LogP contribution is 2.26. The van der Waals surface area contributed by atoms with Gasteiger partial charge in [-0.1, -0.05) is 6.07 Å². The Balaban J connectivity index is 2.34. The number of fused-ring (bicyclic) bond motifs is 1. The predicted molar refractivity (Wildman–Crippen MR) is 74.0 cm³/mol. The topological polar surface area (TPSA) is 56.2 Å².